The number of carbonyl (C=O) groups excluding carboxylic acids is 3. The fourth-order valence-corrected chi connectivity index (χ4v) is 4.12. The van der Waals surface area contributed by atoms with Crippen molar-refractivity contribution in [2.45, 2.75) is 33.3 Å². The van der Waals surface area contributed by atoms with E-state index in [2.05, 4.69) is 24.0 Å². The minimum Gasteiger partial charge on any atom is -0.383 e. The van der Waals surface area contributed by atoms with E-state index in [1.165, 1.54) is 20.8 Å². The molecule has 0 rings (SSSR count). The van der Waals surface area contributed by atoms with E-state index in [1.54, 1.807) is 0 Å². The Morgan fingerprint density at radius 3 is 2.34 bits per heavy atom. The van der Waals surface area contributed by atoms with Crippen LogP contribution >= 0.6 is 27.1 Å². The first-order chi connectivity index (χ1) is 13.1. The Morgan fingerprint density at radius 1 is 1.24 bits per heavy atom. The number of amides is 2. The van der Waals surface area contributed by atoms with E-state index in [-0.39, 0.29) is 24.0 Å². The summed E-state index contributed by atoms with van der Waals surface area (Å²) in [4.78, 5) is 43.8. The molecule has 166 valence electrons. The van der Waals surface area contributed by atoms with Gasteiger partial charge in [0.15, 0.2) is 5.12 Å². The van der Waals surface area contributed by atoms with Gasteiger partial charge in [0.1, 0.15) is 6.10 Å². The molecule has 0 aliphatic heterocycles. The third kappa shape index (κ3) is 12.5. The van der Waals surface area contributed by atoms with Crippen LogP contribution in [0.3, 0.4) is 0 Å². The fraction of sp³-hybridized carbons (Fsp3) is 0.769. The summed E-state index contributed by atoms with van der Waals surface area (Å²) < 4.78 is 36.2. The van der Waals surface area contributed by atoms with Gasteiger partial charge in [-0.3, -0.25) is 23.5 Å². The molecular formula is C13H25BN2O10P2S. The van der Waals surface area contributed by atoms with Gasteiger partial charge in [0, 0.05) is 32.4 Å². The van der Waals surface area contributed by atoms with Crippen LogP contribution in [-0.2, 0) is 36.9 Å². The van der Waals surface area contributed by atoms with Crippen molar-refractivity contribution in [2.75, 3.05) is 26.1 Å². The zero-order chi connectivity index (χ0) is 22.9. The zero-order valence-corrected chi connectivity index (χ0v) is 19.1. The topological polar surface area (TPSA) is 178 Å². The maximum atomic E-state index is 12.0. The van der Waals surface area contributed by atoms with Crippen LogP contribution in [0.1, 0.15) is 27.2 Å². The molecule has 2 radical (unpaired) electrons. The molecule has 0 aliphatic carbocycles. The SMILES string of the molecule is [B]P(=O)(OC)OP(=O)(O)OCC(C)(C)C(O)C(=O)NCCC(=O)NCSC(C)=O. The number of hydrogen-bond donors (Lipinski definition) is 4. The number of nitrogens with one attached hydrogen (secondary N) is 2. The van der Waals surface area contributed by atoms with Gasteiger partial charge in [-0.05, 0) is 0 Å². The maximum Gasteiger partial charge on any atom is 0.478 e. The Balaban J connectivity index is 4.49. The molecule has 16 heteroatoms. The average Bonchev–Trinajstić information content (AvgIpc) is 2.58. The van der Waals surface area contributed by atoms with Crippen LogP contribution in [0.2, 0.25) is 0 Å². The molecule has 0 bridgehead atoms. The first kappa shape index (κ1) is 28.3. The number of phosphoric ester groups is 1. The molecule has 4 N–H and O–H groups in total. The molecule has 0 fully saturated rings. The van der Waals surface area contributed by atoms with Crippen molar-refractivity contribution in [1.29, 1.82) is 0 Å². The quantitative estimate of drug-likeness (QED) is 0.164. The highest BCUT2D eigenvalue weighted by atomic mass is 32.2. The molecule has 0 spiro atoms. The van der Waals surface area contributed by atoms with E-state index in [9.17, 15) is 33.5 Å². The molecule has 0 saturated heterocycles. The molecule has 0 aliphatic rings. The summed E-state index contributed by atoms with van der Waals surface area (Å²) in [6.07, 6.45) is -1.76. The van der Waals surface area contributed by atoms with Crippen molar-refractivity contribution in [1.82, 2.24) is 10.6 Å². The van der Waals surface area contributed by atoms with Crippen LogP contribution in [0.25, 0.3) is 0 Å². The van der Waals surface area contributed by atoms with E-state index in [0.717, 1.165) is 18.9 Å². The molecule has 3 unspecified atom stereocenters. The van der Waals surface area contributed by atoms with Gasteiger partial charge in [-0.25, -0.2) is 8.88 Å². The predicted octanol–water partition coefficient (Wildman–Crippen LogP) is 0.290. The Kier molecular flexibility index (Phi) is 11.9. The standard InChI is InChI=1S/C13H25BN2O10P2S/c1-9(17)29-8-16-10(18)5-6-15-12(20)11(19)13(2,3)7-25-28(22,23)26-27(14,21)24-4/h11,19H,5-8H2,1-4H3,(H,15,20)(H,16,18)(H,22,23). The number of aliphatic hydroxyl groups excluding tert-OH is 1. The van der Waals surface area contributed by atoms with E-state index in [1.807, 2.05) is 0 Å². The monoisotopic (exact) mass is 474 g/mol. The molecule has 3 atom stereocenters. The average molecular weight is 474 g/mol. The second-order valence-corrected chi connectivity index (χ2v) is 10.8. The van der Waals surface area contributed by atoms with Crippen LogP contribution in [0.5, 0.6) is 0 Å². The number of aliphatic hydroxyl groups is 1. The lowest BCUT2D eigenvalue weighted by molar-refractivity contribution is -0.137. The van der Waals surface area contributed by atoms with Gasteiger partial charge in [-0.1, -0.05) is 25.6 Å². The van der Waals surface area contributed by atoms with Gasteiger partial charge >= 0.3 is 7.82 Å². The van der Waals surface area contributed by atoms with Crippen LogP contribution in [-0.4, -0.2) is 66.7 Å². The van der Waals surface area contributed by atoms with Gasteiger partial charge < -0.3 is 25.2 Å². The third-order valence-electron chi connectivity index (χ3n) is 3.26. The lowest BCUT2D eigenvalue weighted by atomic mass is 9.87. The third-order valence-corrected chi connectivity index (χ3v) is 6.65. The lowest BCUT2D eigenvalue weighted by Gasteiger charge is -2.30. The van der Waals surface area contributed by atoms with E-state index in [4.69, 9.17) is 7.57 Å². The summed E-state index contributed by atoms with van der Waals surface area (Å²) in [5.74, 6) is -1.14. The minimum absolute atomic E-state index is 0.0870. The Labute approximate surface area is 174 Å². The van der Waals surface area contributed by atoms with Gasteiger partial charge in [0.2, 0.25) is 19.4 Å². The molecule has 0 saturated carbocycles. The van der Waals surface area contributed by atoms with Crippen molar-refractivity contribution >= 4 is 51.6 Å². The van der Waals surface area contributed by atoms with Crippen molar-refractivity contribution in [3.05, 3.63) is 0 Å². The number of phosphoric acid groups is 1. The molecule has 12 nitrogen and oxygen atoms in total. The smallest absolute Gasteiger partial charge is 0.383 e. The highest BCUT2D eigenvalue weighted by molar-refractivity contribution is 8.13. The van der Waals surface area contributed by atoms with E-state index < -0.39 is 45.2 Å². The summed E-state index contributed by atoms with van der Waals surface area (Å²) in [5.41, 5.74) is -1.36. The van der Waals surface area contributed by atoms with E-state index >= 15 is 0 Å². The Bertz CT molecular complexity index is 693. The van der Waals surface area contributed by atoms with Crippen molar-refractivity contribution in [3.63, 3.8) is 0 Å². The highest BCUT2D eigenvalue weighted by Gasteiger charge is 2.38. The highest BCUT2D eigenvalue weighted by Crippen LogP contribution is 2.60. The molecule has 0 aromatic heterocycles. The first-order valence-corrected chi connectivity index (χ1v) is 12.2. The van der Waals surface area contributed by atoms with E-state index in [0.29, 0.717) is 0 Å². The molecule has 0 aromatic rings. The number of thioether (sulfide) groups is 1. The summed E-state index contributed by atoms with van der Waals surface area (Å²) in [6, 6.07) is 0. The second-order valence-electron chi connectivity index (χ2n) is 6.36. The molecular weight excluding hydrogens is 449 g/mol. The zero-order valence-electron chi connectivity index (χ0n) is 16.4. The number of rotatable bonds is 13. The number of carbonyl (C=O) groups is 3. The first-order valence-electron chi connectivity index (χ1n) is 8.11. The summed E-state index contributed by atoms with van der Waals surface area (Å²) in [7, 11) is -3.27. The summed E-state index contributed by atoms with van der Waals surface area (Å²) in [6.45, 7) is 3.36. The molecule has 2 amide bonds. The second kappa shape index (κ2) is 12.2. The van der Waals surface area contributed by atoms with Crippen molar-refractivity contribution in [2.24, 2.45) is 5.41 Å². The summed E-state index contributed by atoms with van der Waals surface area (Å²) in [5, 5.41) is 14.8. The molecule has 29 heavy (non-hydrogen) atoms. The molecule has 0 heterocycles. The predicted molar refractivity (Wildman–Crippen MR) is 106 cm³/mol. The minimum atomic E-state index is -4.88. The largest absolute Gasteiger partial charge is 0.478 e. The maximum absolute atomic E-state index is 12.0. The normalized spacial score (nSPS) is 16.9. The Morgan fingerprint density at radius 2 is 1.83 bits per heavy atom. The molecule has 0 aromatic carbocycles. The number of hydrogen-bond acceptors (Lipinski definition) is 10. The van der Waals surface area contributed by atoms with Gasteiger partial charge in [0.25, 0.3) is 7.47 Å². The van der Waals surface area contributed by atoms with Crippen LogP contribution in [0, 0.1) is 5.41 Å². The van der Waals surface area contributed by atoms with Gasteiger partial charge in [-0.15, -0.1) is 0 Å². The summed E-state index contributed by atoms with van der Waals surface area (Å²) >= 11 is 0.921. The van der Waals surface area contributed by atoms with Gasteiger partial charge in [0.05, 0.1) is 12.5 Å². The lowest BCUT2D eigenvalue weighted by Crippen LogP contribution is -2.46. The van der Waals surface area contributed by atoms with Crippen molar-refractivity contribution < 1.29 is 46.9 Å². The van der Waals surface area contributed by atoms with Crippen LogP contribution in [0.4, 0.5) is 0 Å². The fourth-order valence-electron chi connectivity index (χ4n) is 1.58. The Hall–Kier alpha value is -0.715. The van der Waals surface area contributed by atoms with Crippen LogP contribution in [0.15, 0.2) is 0 Å². The van der Waals surface area contributed by atoms with Crippen LogP contribution < -0.4 is 10.6 Å². The van der Waals surface area contributed by atoms with Gasteiger partial charge in [-0.2, -0.15) is 0 Å². The van der Waals surface area contributed by atoms with Crippen molar-refractivity contribution in [3.8, 4) is 0 Å².